The molecule has 1 aliphatic rings. The Hall–Kier alpha value is -2.66. The van der Waals surface area contributed by atoms with Crippen molar-refractivity contribution in [1.82, 2.24) is 4.90 Å². The highest BCUT2D eigenvalue weighted by molar-refractivity contribution is 8.18. The average molecular weight is 339 g/mol. The van der Waals surface area contributed by atoms with E-state index < -0.39 is 11.7 Å². The van der Waals surface area contributed by atoms with Crippen molar-refractivity contribution in [2.24, 2.45) is 0 Å². The average Bonchev–Trinajstić information content (AvgIpc) is 2.85. The number of benzene rings is 2. The van der Waals surface area contributed by atoms with E-state index in [0.29, 0.717) is 10.5 Å². The van der Waals surface area contributed by atoms with Gasteiger partial charge >= 0.3 is 0 Å². The molecule has 0 aliphatic carbocycles. The summed E-state index contributed by atoms with van der Waals surface area (Å²) in [5.41, 5.74) is 1.32. The van der Waals surface area contributed by atoms with Crippen LogP contribution in [0.2, 0.25) is 0 Å². The number of halogens is 1. The quantitative estimate of drug-likeness (QED) is 0.763. The highest BCUT2D eigenvalue weighted by atomic mass is 32.2. The molecule has 120 valence electrons. The fraction of sp³-hybridized carbons (Fsp3) is 0.0526. The largest absolute Gasteiger partial charge is 0.293 e. The van der Waals surface area contributed by atoms with E-state index in [1.807, 2.05) is 36.4 Å². The van der Waals surface area contributed by atoms with Crippen LogP contribution in [0.3, 0.4) is 0 Å². The molecule has 0 atom stereocenters. The van der Waals surface area contributed by atoms with Gasteiger partial charge < -0.3 is 0 Å². The third kappa shape index (κ3) is 3.63. The first-order valence-corrected chi connectivity index (χ1v) is 8.17. The molecular weight excluding hydrogens is 325 g/mol. The summed E-state index contributed by atoms with van der Waals surface area (Å²) in [6, 6.07) is 15.8. The van der Waals surface area contributed by atoms with E-state index in [2.05, 4.69) is 0 Å². The summed E-state index contributed by atoms with van der Waals surface area (Å²) in [7, 11) is 0. The summed E-state index contributed by atoms with van der Waals surface area (Å²) in [6.45, 7) is -0.0585. The van der Waals surface area contributed by atoms with Crippen LogP contribution in [0.15, 0.2) is 71.7 Å². The zero-order chi connectivity index (χ0) is 16.9. The molecule has 3 nitrogen and oxygen atoms in total. The molecule has 2 aromatic rings. The number of carbonyl (C=O) groups excluding carboxylic acids is 2. The number of hydrogen-bond donors (Lipinski definition) is 0. The summed E-state index contributed by atoms with van der Waals surface area (Å²) in [6.07, 6.45) is 5.19. The Morgan fingerprint density at radius 3 is 2.46 bits per heavy atom. The topological polar surface area (TPSA) is 37.4 Å². The maximum Gasteiger partial charge on any atom is 0.293 e. The number of imide groups is 1. The molecule has 0 unspecified atom stereocenters. The lowest BCUT2D eigenvalue weighted by atomic mass is 10.2. The van der Waals surface area contributed by atoms with Crippen LogP contribution in [0, 0.1) is 5.82 Å². The minimum absolute atomic E-state index is 0.0585. The third-order valence-electron chi connectivity index (χ3n) is 3.50. The van der Waals surface area contributed by atoms with Gasteiger partial charge in [-0.15, -0.1) is 0 Å². The molecule has 0 N–H and O–H groups in total. The Kier molecular flexibility index (Phi) is 4.91. The molecule has 0 aromatic heterocycles. The van der Waals surface area contributed by atoms with Crippen LogP contribution in [-0.2, 0) is 11.3 Å². The van der Waals surface area contributed by atoms with Crippen molar-refractivity contribution < 1.29 is 14.0 Å². The number of nitrogens with zero attached hydrogens (tertiary/aromatic N) is 1. The van der Waals surface area contributed by atoms with Gasteiger partial charge in [0.1, 0.15) is 5.82 Å². The predicted molar refractivity (Wildman–Crippen MR) is 93.5 cm³/mol. The Morgan fingerprint density at radius 2 is 1.71 bits per heavy atom. The lowest BCUT2D eigenvalue weighted by molar-refractivity contribution is -0.123. The van der Waals surface area contributed by atoms with Gasteiger partial charge in [0.25, 0.3) is 11.1 Å². The first-order chi connectivity index (χ1) is 11.6. The van der Waals surface area contributed by atoms with Gasteiger partial charge in [0.15, 0.2) is 0 Å². The molecule has 1 fully saturated rings. The highest BCUT2D eigenvalue weighted by Crippen LogP contribution is 2.32. The van der Waals surface area contributed by atoms with E-state index in [0.717, 1.165) is 22.2 Å². The number of thioether (sulfide) groups is 1. The fourth-order valence-corrected chi connectivity index (χ4v) is 3.05. The van der Waals surface area contributed by atoms with Crippen LogP contribution in [0.4, 0.5) is 9.18 Å². The van der Waals surface area contributed by atoms with E-state index in [1.54, 1.807) is 30.4 Å². The molecule has 2 amide bonds. The molecule has 3 rings (SSSR count). The molecular formula is C19H14FNO2S. The first kappa shape index (κ1) is 16.2. The van der Waals surface area contributed by atoms with Crippen LogP contribution in [-0.4, -0.2) is 16.0 Å². The minimum atomic E-state index is -0.426. The summed E-state index contributed by atoms with van der Waals surface area (Å²) in [5, 5.41) is -0.386. The zero-order valence-corrected chi connectivity index (χ0v) is 13.5. The Balaban J connectivity index is 1.73. The van der Waals surface area contributed by atoms with Crippen LogP contribution < -0.4 is 0 Å². The molecule has 0 saturated carbocycles. The van der Waals surface area contributed by atoms with Crippen LogP contribution >= 0.6 is 11.8 Å². The van der Waals surface area contributed by atoms with Gasteiger partial charge in [0.05, 0.1) is 11.4 Å². The van der Waals surface area contributed by atoms with Crippen molar-refractivity contribution in [3.05, 3.63) is 88.6 Å². The van der Waals surface area contributed by atoms with Gasteiger partial charge in [0, 0.05) is 5.56 Å². The molecule has 1 heterocycles. The second-order valence-electron chi connectivity index (χ2n) is 5.15. The second-order valence-corrected chi connectivity index (χ2v) is 6.14. The molecule has 1 saturated heterocycles. The Morgan fingerprint density at radius 1 is 1.00 bits per heavy atom. The Bertz CT molecular complexity index is 830. The van der Waals surface area contributed by atoms with Crippen molar-refractivity contribution in [3.8, 4) is 0 Å². The normalized spacial score (nSPS) is 16.5. The van der Waals surface area contributed by atoms with Gasteiger partial charge in [-0.05, 0) is 29.5 Å². The van der Waals surface area contributed by atoms with E-state index in [4.69, 9.17) is 0 Å². The number of hydrogen-bond acceptors (Lipinski definition) is 3. The SMILES string of the molecule is O=C1S/C(=C/C=C/c2ccccc2)C(=O)N1Cc1ccccc1F. The second kappa shape index (κ2) is 7.27. The highest BCUT2D eigenvalue weighted by Gasteiger charge is 2.35. The van der Waals surface area contributed by atoms with Gasteiger partial charge in [-0.2, -0.15) is 0 Å². The molecule has 24 heavy (non-hydrogen) atoms. The van der Waals surface area contributed by atoms with Crippen LogP contribution in [0.25, 0.3) is 6.08 Å². The zero-order valence-electron chi connectivity index (χ0n) is 12.7. The molecule has 0 spiro atoms. The fourth-order valence-electron chi connectivity index (χ4n) is 2.26. The molecule has 0 bridgehead atoms. The minimum Gasteiger partial charge on any atom is -0.268 e. The van der Waals surface area contributed by atoms with Gasteiger partial charge in [0.2, 0.25) is 0 Å². The van der Waals surface area contributed by atoms with Crippen molar-refractivity contribution in [2.45, 2.75) is 6.54 Å². The molecule has 5 heteroatoms. The number of amides is 2. The van der Waals surface area contributed by atoms with Crippen molar-refractivity contribution >= 4 is 29.0 Å². The summed E-state index contributed by atoms with van der Waals surface area (Å²) in [4.78, 5) is 25.8. The Labute approximate surface area is 143 Å². The summed E-state index contributed by atoms with van der Waals surface area (Å²) in [5.74, 6) is -0.824. The number of carbonyl (C=O) groups is 2. The number of allylic oxidation sites excluding steroid dienone is 2. The van der Waals surface area contributed by atoms with Crippen molar-refractivity contribution in [1.29, 1.82) is 0 Å². The first-order valence-electron chi connectivity index (χ1n) is 7.35. The monoisotopic (exact) mass is 339 g/mol. The van der Waals surface area contributed by atoms with Crippen LogP contribution in [0.1, 0.15) is 11.1 Å². The van der Waals surface area contributed by atoms with E-state index in [-0.39, 0.29) is 11.8 Å². The smallest absolute Gasteiger partial charge is 0.268 e. The predicted octanol–water partition coefficient (Wildman–Crippen LogP) is 4.62. The van der Waals surface area contributed by atoms with Crippen molar-refractivity contribution in [2.75, 3.05) is 0 Å². The van der Waals surface area contributed by atoms with Gasteiger partial charge in [-0.3, -0.25) is 14.5 Å². The molecule has 1 aliphatic heterocycles. The third-order valence-corrected chi connectivity index (χ3v) is 4.42. The maximum atomic E-state index is 13.7. The summed E-state index contributed by atoms with van der Waals surface area (Å²) < 4.78 is 13.7. The van der Waals surface area contributed by atoms with Gasteiger partial charge in [-0.25, -0.2) is 4.39 Å². The van der Waals surface area contributed by atoms with E-state index in [9.17, 15) is 14.0 Å². The molecule has 0 radical (unpaired) electrons. The van der Waals surface area contributed by atoms with Gasteiger partial charge in [-0.1, -0.05) is 60.7 Å². The number of rotatable bonds is 4. The lowest BCUT2D eigenvalue weighted by Crippen LogP contribution is -2.27. The van der Waals surface area contributed by atoms with Crippen LogP contribution in [0.5, 0.6) is 0 Å². The van der Waals surface area contributed by atoms with E-state index >= 15 is 0 Å². The summed E-state index contributed by atoms with van der Waals surface area (Å²) >= 11 is 0.867. The van der Waals surface area contributed by atoms with Crippen molar-refractivity contribution in [3.63, 3.8) is 0 Å². The molecule has 2 aromatic carbocycles. The van der Waals surface area contributed by atoms with E-state index in [1.165, 1.54) is 6.07 Å². The lowest BCUT2D eigenvalue weighted by Gasteiger charge is -2.12. The standard InChI is InChI=1S/C19H14FNO2S/c20-16-11-5-4-10-15(16)13-21-18(22)17(24-19(21)23)12-6-9-14-7-2-1-3-8-14/h1-12H,13H2/b9-6+,17-12+. The maximum absolute atomic E-state index is 13.7.